The number of hydrogen-bond acceptors (Lipinski definition) is 6. The van der Waals surface area contributed by atoms with Gasteiger partial charge in [-0.15, -0.1) is 0 Å². The van der Waals surface area contributed by atoms with Gasteiger partial charge in [-0.2, -0.15) is 0 Å². The van der Waals surface area contributed by atoms with Crippen molar-refractivity contribution in [3.8, 4) is 0 Å². The maximum atomic E-state index is 14.2. The second-order valence-electron chi connectivity index (χ2n) is 6.13. The minimum Gasteiger partial charge on any atom is -0.355 e. The Morgan fingerprint density at radius 3 is 2.66 bits per heavy atom. The largest absolute Gasteiger partial charge is 0.355 e. The zero-order valence-corrected chi connectivity index (χ0v) is 16.6. The average molecular weight is 444 g/mol. The number of benzene rings is 2. The molecule has 0 unspecified atom stereocenters. The number of aromatic nitrogens is 2. The molecule has 1 aromatic heterocycles. The van der Waals surface area contributed by atoms with Crippen molar-refractivity contribution in [2.24, 2.45) is 4.99 Å². The third-order valence-electron chi connectivity index (χ3n) is 3.87. The molecule has 0 aliphatic heterocycles. The van der Waals surface area contributed by atoms with Gasteiger partial charge in [-0.05, 0) is 30.3 Å². The normalized spacial score (nSPS) is 12.4. The fraction of sp³-hybridized carbons (Fsp3) is 0.176. The average Bonchev–Trinajstić information content (AvgIpc) is 3.07. The summed E-state index contributed by atoms with van der Waals surface area (Å²) in [5.74, 6) is -1.29. The minimum absolute atomic E-state index is 0.0376. The van der Waals surface area contributed by atoms with Crippen molar-refractivity contribution in [3.63, 3.8) is 0 Å². The predicted octanol–water partition coefficient (Wildman–Crippen LogP) is 3.01. The summed E-state index contributed by atoms with van der Waals surface area (Å²) in [6.45, 7) is 0.0723. The van der Waals surface area contributed by atoms with E-state index in [1.54, 1.807) is 0 Å². The molecule has 29 heavy (non-hydrogen) atoms. The SMILES string of the molecule is CS(=O)(=O)CCNc1nc2c(F)ccc(C(=Nc3ccc(F)c(Cl)c3)NO)c2[nH]1. The van der Waals surface area contributed by atoms with Gasteiger partial charge in [0.15, 0.2) is 11.7 Å². The number of imidazole rings is 1. The Kier molecular flexibility index (Phi) is 6.01. The topological polar surface area (TPSA) is 119 Å². The summed E-state index contributed by atoms with van der Waals surface area (Å²) in [6, 6.07) is 6.24. The summed E-state index contributed by atoms with van der Waals surface area (Å²) >= 11 is 5.74. The number of aliphatic imine (C=N–C) groups is 1. The molecule has 0 fully saturated rings. The summed E-state index contributed by atoms with van der Waals surface area (Å²) in [5, 5.41) is 12.2. The van der Waals surface area contributed by atoms with Crippen molar-refractivity contribution >= 4 is 49.9 Å². The molecule has 0 saturated carbocycles. The van der Waals surface area contributed by atoms with Crippen molar-refractivity contribution in [2.45, 2.75) is 0 Å². The van der Waals surface area contributed by atoms with Gasteiger partial charge in [0.2, 0.25) is 5.95 Å². The number of hydroxylamine groups is 1. The predicted molar refractivity (Wildman–Crippen MR) is 107 cm³/mol. The molecule has 0 spiro atoms. The first-order valence-corrected chi connectivity index (χ1v) is 10.7. The number of aromatic amines is 1. The highest BCUT2D eigenvalue weighted by Gasteiger charge is 2.16. The Labute approximate surface area is 169 Å². The Morgan fingerprint density at radius 2 is 2.00 bits per heavy atom. The van der Waals surface area contributed by atoms with Crippen molar-refractivity contribution in [3.05, 3.63) is 52.6 Å². The summed E-state index contributed by atoms with van der Waals surface area (Å²) in [7, 11) is -3.18. The number of halogens is 3. The van der Waals surface area contributed by atoms with Crippen LogP contribution in [0, 0.1) is 11.6 Å². The first-order valence-electron chi connectivity index (χ1n) is 8.22. The molecule has 154 valence electrons. The first kappa shape index (κ1) is 21.0. The van der Waals surface area contributed by atoms with E-state index >= 15 is 0 Å². The first-order chi connectivity index (χ1) is 13.7. The van der Waals surface area contributed by atoms with E-state index in [4.69, 9.17) is 11.6 Å². The smallest absolute Gasteiger partial charge is 0.201 e. The van der Waals surface area contributed by atoms with E-state index in [1.807, 2.05) is 5.48 Å². The number of rotatable bonds is 6. The molecule has 0 radical (unpaired) electrons. The lowest BCUT2D eigenvalue weighted by atomic mass is 10.1. The lowest BCUT2D eigenvalue weighted by molar-refractivity contribution is 0.235. The molecule has 1 heterocycles. The Morgan fingerprint density at radius 1 is 1.28 bits per heavy atom. The number of nitrogens with one attached hydrogen (secondary N) is 3. The van der Waals surface area contributed by atoms with Gasteiger partial charge in [0.25, 0.3) is 0 Å². The Hall–Kier alpha value is -2.76. The molecule has 3 rings (SSSR count). The van der Waals surface area contributed by atoms with Gasteiger partial charge < -0.3 is 10.3 Å². The molecule has 12 heteroatoms. The second-order valence-corrected chi connectivity index (χ2v) is 8.80. The van der Waals surface area contributed by atoms with Crippen LogP contribution in [0.5, 0.6) is 0 Å². The highest BCUT2D eigenvalue weighted by Crippen LogP contribution is 2.25. The van der Waals surface area contributed by atoms with Crippen LogP contribution < -0.4 is 10.8 Å². The fourth-order valence-corrected chi connectivity index (χ4v) is 3.17. The molecule has 4 N–H and O–H groups in total. The quantitative estimate of drug-likeness (QED) is 0.264. The Balaban J connectivity index is 2.00. The zero-order chi connectivity index (χ0) is 21.2. The molecule has 0 aliphatic carbocycles. The summed E-state index contributed by atoms with van der Waals surface area (Å²) in [5.41, 5.74) is 2.62. The number of anilines is 1. The molecule has 0 saturated heterocycles. The molecule has 3 aromatic rings. The summed E-state index contributed by atoms with van der Waals surface area (Å²) in [6.07, 6.45) is 1.10. The van der Waals surface area contributed by atoms with Crippen LogP contribution >= 0.6 is 11.6 Å². The Bertz CT molecular complexity index is 1200. The van der Waals surface area contributed by atoms with Crippen LogP contribution in [0.1, 0.15) is 5.56 Å². The van der Waals surface area contributed by atoms with E-state index in [1.165, 1.54) is 18.2 Å². The number of H-pyrrole nitrogens is 1. The number of nitrogens with zero attached hydrogens (tertiary/aromatic N) is 2. The number of amidine groups is 1. The van der Waals surface area contributed by atoms with E-state index in [2.05, 4.69) is 20.3 Å². The lowest BCUT2D eigenvalue weighted by Crippen LogP contribution is -2.20. The van der Waals surface area contributed by atoms with E-state index in [-0.39, 0.29) is 51.4 Å². The van der Waals surface area contributed by atoms with E-state index in [9.17, 15) is 22.4 Å². The number of fused-ring (bicyclic) bond motifs is 1. The fourth-order valence-electron chi connectivity index (χ4n) is 2.52. The maximum Gasteiger partial charge on any atom is 0.201 e. The van der Waals surface area contributed by atoms with Gasteiger partial charge in [0.1, 0.15) is 21.2 Å². The van der Waals surface area contributed by atoms with Crippen molar-refractivity contribution in [1.82, 2.24) is 15.4 Å². The van der Waals surface area contributed by atoms with Crippen LogP contribution in [0.4, 0.5) is 20.4 Å². The van der Waals surface area contributed by atoms with E-state index < -0.39 is 21.5 Å². The summed E-state index contributed by atoms with van der Waals surface area (Å²) < 4.78 is 50.0. The second kappa shape index (κ2) is 8.31. The van der Waals surface area contributed by atoms with Gasteiger partial charge in [0, 0.05) is 18.4 Å². The summed E-state index contributed by atoms with van der Waals surface area (Å²) in [4.78, 5) is 11.1. The van der Waals surface area contributed by atoms with E-state index in [0.717, 1.165) is 18.4 Å². The monoisotopic (exact) mass is 443 g/mol. The molecule has 0 aliphatic rings. The number of sulfone groups is 1. The van der Waals surface area contributed by atoms with Crippen LogP contribution in [0.15, 0.2) is 35.3 Å². The van der Waals surface area contributed by atoms with Crippen LogP contribution in [0.2, 0.25) is 5.02 Å². The highest BCUT2D eigenvalue weighted by atomic mass is 35.5. The van der Waals surface area contributed by atoms with Gasteiger partial charge in [-0.1, -0.05) is 11.6 Å². The lowest BCUT2D eigenvalue weighted by Gasteiger charge is -2.07. The van der Waals surface area contributed by atoms with Gasteiger partial charge in [-0.25, -0.2) is 27.2 Å². The molecule has 2 aromatic carbocycles. The zero-order valence-electron chi connectivity index (χ0n) is 15.0. The van der Waals surface area contributed by atoms with Crippen LogP contribution in [-0.2, 0) is 9.84 Å². The third-order valence-corrected chi connectivity index (χ3v) is 5.10. The van der Waals surface area contributed by atoms with Gasteiger partial charge >= 0.3 is 0 Å². The van der Waals surface area contributed by atoms with E-state index in [0.29, 0.717) is 0 Å². The van der Waals surface area contributed by atoms with Crippen LogP contribution in [-0.4, -0.2) is 48.0 Å². The van der Waals surface area contributed by atoms with Crippen molar-refractivity contribution < 1.29 is 22.4 Å². The van der Waals surface area contributed by atoms with Crippen molar-refractivity contribution in [1.29, 1.82) is 0 Å². The molecule has 0 bridgehead atoms. The van der Waals surface area contributed by atoms with Crippen LogP contribution in [0.3, 0.4) is 0 Å². The van der Waals surface area contributed by atoms with Crippen molar-refractivity contribution in [2.75, 3.05) is 23.9 Å². The minimum atomic E-state index is -3.18. The molecule has 0 atom stereocenters. The molecular weight excluding hydrogens is 428 g/mol. The molecule has 0 amide bonds. The number of hydrogen-bond donors (Lipinski definition) is 4. The highest BCUT2D eigenvalue weighted by molar-refractivity contribution is 7.90. The molecule has 8 nitrogen and oxygen atoms in total. The third kappa shape index (κ3) is 5.00. The van der Waals surface area contributed by atoms with Gasteiger partial charge in [-0.3, -0.25) is 10.7 Å². The van der Waals surface area contributed by atoms with Gasteiger partial charge in [0.05, 0.1) is 22.0 Å². The standard InChI is InChI=1S/C17H16ClF2N5O3S/c1-29(27,28)7-6-21-17-23-14-10(3-5-13(20)15(14)24-17)16(25-26)22-9-2-4-12(19)11(18)8-9/h2-5,8,26H,6-7H2,1H3,(H,22,25)(H2,21,23,24). The van der Waals surface area contributed by atoms with Crippen LogP contribution in [0.25, 0.3) is 11.0 Å². The maximum absolute atomic E-state index is 14.2. The molecular formula is C17H16ClF2N5O3S.